The molecule has 0 bridgehead atoms. The van der Waals surface area contributed by atoms with E-state index in [0.29, 0.717) is 0 Å². The van der Waals surface area contributed by atoms with E-state index in [0.717, 1.165) is 12.3 Å². The molecule has 0 fully saturated rings. The molecule has 0 saturated carbocycles. The molecule has 0 unspecified atom stereocenters. The highest BCUT2D eigenvalue weighted by Crippen LogP contribution is 2.52. The lowest BCUT2D eigenvalue weighted by Gasteiger charge is -2.27. The Bertz CT molecular complexity index is 2350. The van der Waals surface area contributed by atoms with Gasteiger partial charge in [-0.05, 0) is 95.6 Å². The maximum absolute atomic E-state index is 2.54. The molecule has 0 spiro atoms. The predicted molar refractivity (Wildman–Crippen MR) is 223 cm³/mol. The molecule has 1 aliphatic rings. The fraction of sp³-hybridized carbons (Fsp3) is 0.0638. The van der Waals surface area contributed by atoms with Crippen LogP contribution in [-0.2, 0) is 12.3 Å². The topological polar surface area (TPSA) is 0 Å². The lowest BCUT2D eigenvalue weighted by Crippen LogP contribution is -2.51. The normalized spacial score (nSPS) is 13.0. The Kier molecular flexibility index (Phi) is 8.51. The van der Waals surface area contributed by atoms with Crippen molar-refractivity contribution >= 4 is 77.8 Å². The monoisotopic (exact) mass is 691 g/mol. The largest absolute Gasteiger partial charge is 0.119 e. The van der Waals surface area contributed by atoms with E-state index in [9.17, 15) is 0 Å². The van der Waals surface area contributed by atoms with Crippen LogP contribution >= 0.6 is 15.8 Å². The van der Waals surface area contributed by atoms with Gasteiger partial charge in [-0.1, -0.05) is 196 Å². The van der Waals surface area contributed by atoms with Gasteiger partial charge in [0, 0.05) is 0 Å². The van der Waals surface area contributed by atoms with Crippen LogP contribution in [0.4, 0.5) is 0 Å². The summed E-state index contributed by atoms with van der Waals surface area (Å²) in [6.07, 6.45) is 2.18. The van der Waals surface area contributed by atoms with Gasteiger partial charge < -0.3 is 0 Å². The maximum atomic E-state index is 2.54. The first-order chi connectivity index (χ1) is 24.7. The molecule has 9 rings (SSSR count). The fourth-order valence-corrected chi connectivity index (χ4v) is 16.5. The molecule has 1 aliphatic heterocycles. The summed E-state index contributed by atoms with van der Waals surface area (Å²) >= 11 is 0. The first kappa shape index (κ1) is 31.3. The van der Waals surface area contributed by atoms with Crippen molar-refractivity contribution in [3.8, 4) is 11.1 Å². The Morgan fingerprint density at radius 2 is 0.900 bits per heavy atom. The molecule has 0 aromatic heterocycles. The van der Waals surface area contributed by atoms with Crippen LogP contribution in [0.25, 0.3) is 32.7 Å². The van der Waals surface area contributed by atoms with E-state index in [1.165, 1.54) is 64.9 Å². The van der Waals surface area contributed by atoms with Gasteiger partial charge in [-0.25, -0.2) is 0 Å². The minimum absolute atomic E-state index is 0.503. The van der Waals surface area contributed by atoms with Gasteiger partial charge in [-0.3, -0.25) is 0 Å². The van der Waals surface area contributed by atoms with Crippen LogP contribution in [0.5, 0.6) is 0 Å². The predicted octanol–water partition coefficient (Wildman–Crippen LogP) is 9.48. The summed E-state index contributed by atoms with van der Waals surface area (Å²) in [4.78, 5) is 0. The summed E-state index contributed by atoms with van der Waals surface area (Å²) in [7, 11) is -2.31. The summed E-state index contributed by atoms with van der Waals surface area (Å²) < 4.78 is 0. The second kappa shape index (κ2) is 13.6. The van der Waals surface area contributed by atoms with Crippen LogP contribution in [0.2, 0.25) is 6.55 Å². The van der Waals surface area contributed by atoms with E-state index in [-0.39, 0.29) is 0 Å². The van der Waals surface area contributed by atoms with E-state index < -0.39 is 24.6 Å². The Morgan fingerprint density at radius 1 is 0.440 bits per heavy atom. The van der Waals surface area contributed by atoms with Crippen molar-refractivity contribution in [1.29, 1.82) is 0 Å². The molecular formula is C47H37P2Si. The summed E-state index contributed by atoms with van der Waals surface area (Å²) in [6.45, 7) is 2.54. The van der Waals surface area contributed by atoms with Crippen molar-refractivity contribution < 1.29 is 0 Å². The summed E-state index contributed by atoms with van der Waals surface area (Å²) in [6, 6.07) is 68.7. The molecule has 239 valence electrons. The minimum atomic E-state index is -1.11. The maximum Gasteiger partial charge on any atom is 0.119 e. The summed E-state index contributed by atoms with van der Waals surface area (Å²) in [5, 5.41) is 14.4. The van der Waals surface area contributed by atoms with Crippen molar-refractivity contribution in [3.63, 3.8) is 0 Å². The number of hydrogen-bond acceptors (Lipinski definition) is 0. The molecular weight excluding hydrogens is 655 g/mol. The Morgan fingerprint density at radius 3 is 1.48 bits per heavy atom. The molecule has 8 aromatic carbocycles. The van der Waals surface area contributed by atoms with E-state index in [1.54, 1.807) is 10.5 Å². The molecule has 0 saturated heterocycles. The van der Waals surface area contributed by atoms with Crippen molar-refractivity contribution in [2.45, 2.75) is 18.9 Å². The van der Waals surface area contributed by atoms with Gasteiger partial charge >= 0.3 is 0 Å². The summed E-state index contributed by atoms with van der Waals surface area (Å²) in [5.41, 5.74) is 5.87. The van der Waals surface area contributed by atoms with Gasteiger partial charge in [0.05, 0.1) is 0 Å². The quantitative estimate of drug-likeness (QED) is 0.120. The smallest absolute Gasteiger partial charge is 0.0664 e. The highest BCUT2D eigenvalue weighted by molar-refractivity contribution is 7.80. The van der Waals surface area contributed by atoms with Crippen molar-refractivity contribution in [1.82, 2.24) is 0 Å². The SMILES string of the molecule is C[Si](c1ccccc1P1Cc2ccc3ccccc3c2-c2c(ccc3ccccc23)C1)c1ccccc1P(c1ccccc1)c1ccccc1. The Hall–Kier alpha value is -4.64. The van der Waals surface area contributed by atoms with Crippen LogP contribution in [-0.4, -0.2) is 8.80 Å². The minimum Gasteiger partial charge on any atom is -0.0664 e. The Labute approximate surface area is 299 Å². The lowest BCUT2D eigenvalue weighted by molar-refractivity contribution is 1.40. The fourth-order valence-electron chi connectivity index (χ4n) is 7.90. The van der Waals surface area contributed by atoms with Gasteiger partial charge in [0.2, 0.25) is 0 Å². The summed E-state index contributed by atoms with van der Waals surface area (Å²) in [5.74, 6) is 0. The third-order valence-corrected chi connectivity index (χ3v) is 18.2. The van der Waals surface area contributed by atoms with Crippen LogP contribution < -0.4 is 31.6 Å². The average molecular weight is 692 g/mol. The highest BCUT2D eigenvalue weighted by atomic mass is 31.1. The molecule has 0 nitrogen and oxygen atoms in total. The molecule has 3 heteroatoms. The molecule has 0 aliphatic carbocycles. The van der Waals surface area contributed by atoms with E-state index in [2.05, 4.69) is 189 Å². The lowest BCUT2D eigenvalue weighted by atomic mass is 9.88. The van der Waals surface area contributed by atoms with Crippen LogP contribution in [0, 0.1) is 0 Å². The van der Waals surface area contributed by atoms with E-state index in [4.69, 9.17) is 0 Å². The molecule has 0 amide bonds. The van der Waals surface area contributed by atoms with Crippen molar-refractivity contribution in [3.05, 3.63) is 193 Å². The number of fused-ring (bicyclic) bond motifs is 7. The van der Waals surface area contributed by atoms with Crippen LogP contribution in [0.3, 0.4) is 0 Å². The zero-order chi connectivity index (χ0) is 33.4. The van der Waals surface area contributed by atoms with Crippen molar-refractivity contribution in [2.24, 2.45) is 0 Å². The molecule has 1 heterocycles. The van der Waals surface area contributed by atoms with Gasteiger partial charge in [-0.15, -0.1) is 0 Å². The van der Waals surface area contributed by atoms with Crippen LogP contribution in [0.1, 0.15) is 11.1 Å². The first-order valence-corrected chi connectivity index (χ1v) is 22.5. The highest BCUT2D eigenvalue weighted by Gasteiger charge is 2.29. The Balaban J connectivity index is 1.19. The number of rotatable bonds is 6. The molecule has 1 radical (unpaired) electrons. The standard InChI is InChI=1S/C47H37P2Si/c1-50(45-27-15-13-25-43(45)49(38-18-4-2-5-19-38)39-20-6-3-7-21-39)44-26-14-12-24-42(44)48-32-36-30-28-34-16-8-10-22-40(34)46(36)47-37(33-48)31-29-35-17-9-11-23-41(35)47/h2-31H,32-33H2,1H3. The van der Waals surface area contributed by atoms with Gasteiger partial charge in [0.25, 0.3) is 0 Å². The average Bonchev–Trinajstić information content (AvgIpc) is 3.36. The van der Waals surface area contributed by atoms with Gasteiger partial charge in [0.15, 0.2) is 0 Å². The zero-order valence-electron chi connectivity index (χ0n) is 28.1. The second-order valence-electron chi connectivity index (χ2n) is 13.2. The molecule has 0 N–H and O–H groups in total. The zero-order valence-corrected chi connectivity index (χ0v) is 30.9. The number of hydrogen-bond donors (Lipinski definition) is 0. The third-order valence-electron chi connectivity index (χ3n) is 10.2. The van der Waals surface area contributed by atoms with Gasteiger partial charge in [0.1, 0.15) is 8.80 Å². The van der Waals surface area contributed by atoms with Crippen LogP contribution in [0.15, 0.2) is 182 Å². The van der Waals surface area contributed by atoms with Gasteiger partial charge in [-0.2, -0.15) is 0 Å². The number of benzene rings is 8. The van der Waals surface area contributed by atoms with E-state index >= 15 is 0 Å². The third kappa shape index (κ3) is 5.65. The molecule has 8 aromatic rings. The molecule has 0 atom stereocenters. The molecule has 50 heavy (non-hydrogen) atoms. The van der Waals surface area contributed by atoms with E-state index in [1.807, 2.05) is 0 Å². The van der Waals surface area contributed by atoms with Crippen molar-refractivity contribution in [2.75, 3.05) is 0 Å². The second-order valence-corrected chi connectivity index (χ2v) is 19.9. The first-order valence-electron chi connectivity index (χ1n) is 17.4.